The molecule has 2 amide bonds. The van der Waals surface area contributed by atoms with Gasteiger partial charge < -0.3 is 10.2 Å². The van der Waals surface area contributed by atoms with E-state index in [0.29, 0.717) is 17.8 Å². The molecule has 1 fully saturated rings. The fourth-order valence-corrected chi connectivity index (χ4v) is 4.55. The predicted octanol–water partition coefficient (Wildman–Crippen LogP) is 3.67. The lowest BCUT2D eigenvalue weighted by Gasteiger charge is -2.15. The van der Waals surface area contributed by atoms with Crippen LogP contribution < -0.4 is 5.32 Å². The highest BCUT2D eigenvalue weighted by molar-refractivity contribution is 5.95. The Morgan fingerprint density at radius 1 is 0.938 bits per heavy atom. The number of rotatable bonds is 5. The molecule has 2 heterocycles. The number of halogens is 1. The molecule has 7 heteroatoms. The largest absolute Gasteiger partial charge is 0.347 e. The number of fused-ring (bicyclic) bond motifs is 1. The highest BCUT2D eigenvalue weighted by Gasteiger charge is 2.27. The second-order valence-electron chi connectivity index (χ2n) is 8.39. The maximum atomic E-state index is 13.3. The lowest BCUT2D eigenvalue weighted by atomic mass is 10.1. The van der Waals surface area contributed by atoms with Crippen LogP contribution in [0.2, 0.25) is 0 Å². The highest BCUT2D eigenvalue weighted by Crippen LogP contribution is 2.28. The van der Waals surface area contributed by atoms with Crippen molar-refractivity contribution in [1.82, 2.24) is 20.0 Å². The third kappa shape index (κ3) is 3.90. The van der Waals surface area contributed by atoms with Crippen LogP contribution in [0.25, 0.3) is 5.69 Å². The van der Waals surface area contributed by atoms with E-state index in [9.17, 15) is 14.0 Å². The van der Waals surface area contributed by atoms with E-state index in [-0.39, 0.29) is 17.6 Å². The van der Waals surface area contributed by atoms with Crippen LogP contribution in [0.1, 0.15) is 56.9 Å². The number of hydrogen-bond donors (Lipinski definition) is 1. The van der Waals surface area contributed by atoms with Crippen molar-refractivity contribution in [3.05, 3.63) is 82.4 Å². The molecule has 0 spiro atoms. The molecule has 32 heavy (non-hydrogen) atoms. The van der Waals surface area contributed by atoms with E-state index >= 15 is 0 Å². The Morgan fingerprint density at radius 3 is 2.38 bits per heavy atom. The molecule has 1 saturated heterocycles. The van der Waals surface area contributed by atoms with Crippen molar-refractivity contribution in [1.29, 1.82) is 0 Å². The SMILES string of the molecule is O=C(NCc1ccc(C(=O)N2CCCC2)cc1)c1nn(-c2ccc(F)cc2)c2c1CCC2. The number of amides is 2. The Bertz CT molecular complexity index is 1150. The second-order valence-corrected chi connectivity index (χ2v) is 8.39. The lowest BCUT2D eigenvalue weighted by Crippen LogP contribution is -2.27. The molecule has 1 aromatic heterocycles. The Labute approximate surface area is 186 Å². The number of nitrogens with zero attached hydrogens (tertiary/aromatic N) is 3. The number of benzene rings is 2. The number of aromatic nitrogens is 2. The molecule has 2 aliphatic rings. The van der Waals surface area contributed by atoms with Gasteiger partial charge in [0.1, 0.15) is 5.82 Å². The minimum atomic E-state index is -0.302. The Balaban J connectivity index is 1.28. The molecule has 0 bridgehead atoms. The first-order chi connectivity index (χ1) is 15.6. The van der Waals surface area contributed by atoms with Crippen molar-refractivity contribution < 1.29 is 14.0 Å². The van der Waals surface area contributed by atoms with Gasteiger partial charge in [0.15, 0.2) is 5.69 Å². The minimum absolute atomic E-state index is 0.0694. The molecule has 0 radical (unpaired) electrons. The molecule has 0 unspecified atom stereocenters. The van der Waals surface area contributed by atoms with Gasteiger partial charge in [-0.3, -0.25) is 9.59 Å². The van der Waals surface area contributed by atoms with Gasteiger partial charge in [0, 0.05) is 36.5 Å². The van der Waals surface area contributed by atoms with Crippen molar-refractivity contribution in [3.8, 4) is 5.69 Å². The zero-order chi connectivity index (χ0) is 22.1. The van der Waals surface area contributed by atoms with Crippen LogP contribution in [0, 0.1) is 5.82 Å². The third-order valence-electron chi connectivity index (χ3n) is 6.26. The molecular formula is C25H25FN4O2. The van der Waals surface area contributed by atoms with Crippen LogP contribution >= 0.6 is 0 Å². The molecule has 1 N–H and O–H groups in total. The fraction of sp³-hybridized carbons (Fsp3) is 0.320. The monoisotopic (exact) mass is 432 g/mol. The van der Waals surface area contributed by atoms with Crippen LogP contribution in [0.5, 0.6) is 0 Å². The molecule has 5 rings (SSSR count). The molecule has 0 atom stereocenters. The van der Waals surface area contributed by atoms with Gasteiger partial charge in [0.05, 0.1) is 5.69 Å². The van der Waals surface area contributed by atoms with Crippen molar-refractivity contribution in [2.75, 3.05) is 13.1 Å². The van der Waals surface area contributed by atoms with Gasteiger partial charge in [0.2, 0.25) is 0 Å². The quantitative estimate of drug-likeness (QED) is 0.669. The lowest BCUT2D eigenvalue weighted by molar-refractivity contribution is 0.0792. The second kappa shape index (κ2) is 8.57. The number of likely N-dealkylation sites (tertiary alicyclic amines) is 1. The first-order valence-corrected chi connectivity index (χ1v) is 11.1. The summed E-state index contributed by atoms with van der Waals surface area (Å²) >= 11 is 0. The average molecular weight is 432 g/mol. The molecule has 6 nitrogen and oxygen atoms in total. The first-order valence-electron chi connectivity index (χ1n) is 11.1. The molecule has 1 aliphatic heterocycles. The predicted molar refractivity (Wildman–Crippen MR) is 118 cm³/mol. The summed E-state index contributed by atoms with van der Waals surface area (Å²) in [4.78, 5) is 27.3. The summed E-state index contributed by atoms with van der Waals surface area (Å²) in [5, 5.41) is 7.51. The zero-order valence-electron chi connectivity index (χ0n) is 17.8. The summed E-state index contributed by atoms with van der Waals surface area (Å²) in [6.07, 6.45) is 4.76. The van der Waals surface area contributed by atoms with Gasteiger partial charge >= 0.3 is 0 Å². The Hall–Kier alpha value is -3.48. The van der Waals surface area contributed by atoms with E-state index in [1.54, 1.807) is 16.8 Å². The maximum absolute atomic E-state index is 13.3. The van der Waals surface area contributed by atoms with E-state index in [1.807, 2.05) is 29.2 Å². The molecular weight excluding hydrogens is 407 g/mol. The molecule has 2 aromatic carbocycles. The summed E-state index contributed by atoms with van der Waals surface area (Å²) in [6, 6.07) is 13.6. The van der Waals surface area contributed by atoms with Crippen molar-refractivity contribution in [3.63, 3.8) is 0 Å². The van der Waals surface area contributed by atoms with E-state index in [1.165, 1.54) is 12.1 Å². The van der Waals surface area contributed by atoms with E-state index in [4.69, 9.17) is 0 Å². The summed E-state index contributed by atoms with van der Waals surface area (Å²) in [5.41, 5.74) is 4.78. The fourth-order valence-electron chi connectivity index (χ4n) is 4.55. The van der Waals surface area contributed by atoms with E-state index in [2.05, 4.69) is 10.4 Å². The smallest absolute Gasteiger partial charge is 0.272 e. The first kappa shape index (κ1) is 20.4. The van der Waals surface area contributed by atoms with Crippen molar-refractivity contribution in [2.45, 2.75) is 38.6 Å². The van der Waals surface area contributed by atoms with Gasteiger partial charge in [0.25, 0.3) is 11.8 Å². The van der Waals surface area contributed by atoms with Crippen LogP contribution in [-0.2, 0) is 19.4 Å². The maximum Gasteiger partial charge on any atom is 0.272 e. The molecule has 3 aromatic rings. The van der Waals surface area contributed by atoms with Gasteiger partial charge in [-0.15, -0.1) is 0 Å². The minimum Gasteiger partial charge on any atom is -0.347 e. The topological polar surface area (TPSA) is 67.2 Å². The standard InChI is InChI=1S/C25H25FN4O2/c26-19-10-12-20(13-11-19)30-22-5-3-4-21(22)23(28-30)24(31)27-16-17-6-8-18(9-7-17)25(32)29-14-1-2-15-29/h6-13H,1-5,14-16H2,(H,27,31). The van der Waals surface area contributed by atoms with Crippen molar-refractivity contribution >= 4 is 11.8 Å². The van der Waals surface area contributed by atoms with Crippen molar-refractivity contribution in [2.24, 2.45) is 0 Å². The third-order valence-corrected chi connectivity index (χ3v) is 6.26. The van der Waals surface area contributed by atoms with Crippen LogP contribution in [0.4, 0.5) is 4.39 Å². The van der Waals surface area contributed by atoms with Gasteiger partial charge in [-0.05, 0) is 74.1 Å². The Kier molecular flexibility index (Phi) is 5.47. The molecule has 1 aliphatic carbocycles. The summed E-state index contributed by atoms with van der Waals surface area (Å²) in [5.74, 6) is -0.454. The van der Waals surface area contributed by atoms with Gasteiger partial charge in [-0.25, -0.2) is 9.07 Å². The number of carbonyl (C=O) groups excluding carboxylic acids is 2. The average Bonchev–Trinajstić information content (AvgIpc) is 3.56. The van der Waals surface area contributed by atoms with Crippen LogP contribution in [0.3, 0.4) is 0 Å². The zero-order valence-corrected chi connectivity index (χ0v) is 17.8. The number of carbonyl (C=O) groups is 2. The molecule has 0 saturated carbocycles. The summed E-state index contributed by atoms with van der Waals surface area (Å²) in [6.45, 7) is 2.01. The highest BCUT2D eigenvalue weighted by atomic mass is 19.1. The van der Waals surface area contributed by atoms with E-state index in [0.717, 1.165) is 67.7 Å². The summed E-state index contributed by atoms with van der Waals surface area (Å²) < 4.78 is 15.1. The summed E-state index contributed by atoms with van der Waals surface area (Å²) in [7, 11) is 0. The van der Waals surface area contributed by atoms with Crippen LogP contribution in [-0.4, -0.2) is 39.6 Å². The number of nitrogens with one attached hydrogen (secondary N) is 1. The van der Waals surface area contributed by atoms with Gasteiger partial charge in [-0.1, -0.05) is 12.1 Å². The molecule has 164 valence electrons. The van der Waals surface area contributed by atoms with E-state index < -0.39 is 0 Å². The Morgan fingerprint density at radius 2 is 1.66 bits per heavy atom. The normalized spacial score (nSPS) is 15.1. The number of hydrogen-bond acceptors (Lipinski definition) is 3. The van der Waals surface area contributed by atoms with Crippen LogP contribution in [0.15, 0.2) is 48.5 Å². The van der Waals surface area contributed by atoms with Gasteiger partial charge in [-0.2, -0.15) is 5.10 Å².